The third-order valence-corrected chi connectivity index (χ3v) is 4.86. The fourth-order valence-electron chi connectivity index (χ4n) is 2.43. The van der Waals surface area contributed by atoms with Gasteiger partial charge in [0.1, 0.15) is 19.0 Å². The smallest absolute Gasteiger partial charge is 0.128 e. The molecule has 19 heavy (non-hydrogen) atoms. The average Bonchev–Trinajstić information content (AvgIpc) is 2.73. The van der Waals surface area contributed by atoms with Crippen LogP contribution in [0.25, 0.3) is 0 Å². The highest BCUT2D eigenvalue weighted by Crippen LogP contribution is 2.31. The average molecular weight is 287 g/mol. The monoisotopic (exact) mass is 287 g/mol. The van der Waals surface area contributed by atoms with Gasteiger partial charge in [0.25, 0.3) is 0 Å². The molecule has 0 aliphatic carbocycles. The topological polar surface area (TPSA) is 39.7 Å². The summed E-state index contributed by atoms with van der Waals surface area (Å²) in [5.74, 6) is 1.69. The Hall–Kier alpha value is -0.230. The summed E-state index contributed by atoms with van der Waals surface area (Å²) in [6, 6.07) is 0. The van der Waals surface area contributed by atoms with Gasteiger partial charge in [0.05, 0.1) is 13.2 Å². The van der Waals surface area contributed by atoms with E-state index in [1.54, 1.807) is 7.11 Å². The van der Waals surface area contributed by atoms with E-state index in [4.69, 9.17) is 14.2 Å². The van der Waals surface area contributed by atoms with Crippen molar-refractivity contribution in [2.45, 2.75) is 24.5 Å². The molecule has 2 atom stereocenters. The van der Waals surface area contributed by atoms with Gasteiger partial charge < -0.3 is 19.5 Å². The number of rotatable bonds is 6. The Labute approximate surface area is 120 Å². The highest BCUT2D eigenvalue weighted by atomic mass is 32.2. The summed E-state index contributed by atoms with van der Waals surface area (Å²) in [7, 11) is 1.68. The number of hydrogen-bond acceptors (Lipinski definition) is 5. The summed E-state index contributed by atoms with van der Waals surface area (Å²) in [5, 5.41) is 6.25. The zero-order valence-corrected chi connectivity index (χ0v) is 12.5. The molecule has 5 heteroatoms. The van der Waals surface area contributed by atoms with E-state index in [-0.39, 0.29) is 0 Å². The second-order valence-corrected chi connectivity index (χ2v) is 6.19. The Bertz CT molecular complexity index is 278. The van der Waals surface area contributed by atoms with E-state index in [2.05, 4.69) is 10.7 Å². The zero-order valence-electron chi connectivity index (χ0n) is 11.7. The van der Waals surface area contributed by atoms with Crippen molar-refractivity contribution in [3.8, 4) is 0 Å². The van der Waals surface area contributed by atoms with Crippen LogP contribution in [0.2, 0.25) is 0 Å². The summed E-state index contributed by atoms with van der Waals surface area (Å²) in [4.78, 5) is 0. The van der Waals surface area contributed by atoms with Gasteiger partial charge in [-0.1, -0.05) is 6.42 Å². The van der Waals surface area contributed by atoms with Gasteiger partial charge in [-0.2, -0.15) is 0 Å². The highest BCUT2D eigenvalue weighted by molar-refractivity contribution is 8.02. The molecule has 1 fully saturated rings. The second-order valence-electron chi connectivity index (χ2n) is 5.08. The molecule has 4 nitrogen and oxygen atoms in total. The van der Waals surface area contributed by atoms with Gasteiger partial charge in [-0.25, -0.2) is 0 Å². The van der Waals surface area contributed by atoms with Crippen molar-refractivity contribution in [2.75, 3.05) is 46.6 Å². The van der Waals surface area contributed by atoms with Crippen LogP contribution in [0.4, 0.5) is 0 Å². The third kappa shape index (κ3) is 5.34. The lowest BCUT2D eigenvalue weighted by atomic mass is 10.00. The minimum atomic E-state index is 0.562. The van der Waals surface area contributed by atoms with E-state index in [1.807, 2.05) is 11.8 Å². The standard InChI is InChI=1S/C14H25NO3S/c1-16-6-7-17-9-13-11-19-14(10-18-13)12-4-2-3-5-15-8-12/h11-12,14-15H,2-10H2,1H3. The Morgan fingerprint density at radius 1 is 1.42 bits per heavy atom. The molecule has 0 spiro atoms. The largest absolute Gasteiger partial charge is 0.494 e. The Morgan fingerprint density at radius 2 is 2.37 bits per heavy atom. The van der Waals surface area contributed by atoms with E-state index in [9.17, 15) is 0 Å². The number of methoxy groups -OCH3 is 1. The van der Waals surface area contributed by atoms with Crippen molar-refractivity contribution in [3.05, 3.63) is 11.2 Å². The lowest BCUT2D eigenvalue weighted by Crippen LogP contribution is -2.32. The molecule has 2 heterocycles. The minimum absolute atomic E-state index is 0.562. The van der Waals surface area contributed by atoms with Gasteiger partial charge >= 0.3 is 0 Å². The van der Waals surface area contributed by atoms with Gasteiger partial charge in [0, 0.05) is 17.8 Å². The fraction of sp³-hybridized carbons (Fsp3) is 0.857. The van der Waals surface area contributed by atoms with Crippen molar-refractivity contribution >= 4 is 11.8 Å². The van der Waals surface area contributed by atoms with E-state index >= 15 is 0 Å². The van der Waals surface area contributed by atoms with E-state index in [1.165, 1.54) is 25.8 Å². The van der Waals surface area contributed by atoms with Crippen LogP contribution >= 0.6 is 11.8 Å². The van der Waals surface area contributed by atoms with Gasteiger partial charge in [0.2, 0.25) is 0 Å². The van der Waals surface area contributed by atoms with Gasteiger partial charge in [0.15, 0.2) is 0 Å². The molecule has 0 bridgehead atoms. The number of hydrogen-bond donors (Lipinski definition) is 1. The third-order valence-electron chi connectivity index (χ3n) is 3.59. The van der Waals surface area contributed by atoms with Crippen LogP contribution < -0.4 is 5.32 Å². The normalized spacial score (nSPS) is 28.4. The molecule has 0 radical (unpaired) electrons. The number of nitrogens with one attached hydrogen (secondary N) is 1. The van der Waals surface area contributed by atoms with Gasteiger partial charge in [-0.05, 0) is 31.8 Å². The fourth-order valence-corrected chi connectivity index (χ4v) is 3.49. The molecule has 2 aliphatic rings. The van der Waals surface area contributed by atoms with Crippen LogP contribution in [0, 0.1) is 5.92 Å². The molecule has 1 saturated heterocycles. The van der Waals surface area contributed by atoms with E-state index in [0.717, 1.165) is 24.8 Å². The molecular weight excluding hydrogens is 262 g/mol. The first-order chi connectivity index (χ1) is 9.40. The van der Waals surface area contributed by atoms with Crippen molar-refractivity contribution < 1.29 is 14.2 Å². The van der Waals surface area contributed by atoms with Crippen molar-refractivity contribution in [2.24, 2.45) is 5.92 Å². The lowest BCUT2D eigenvalue weighted by Gasteiger charge is -2.28. The summed E-state index contributed by atoms with van der Waals surface area (Å²) in [6.07, 6.45) is 3.97. The molecule has 2 aliphatic heterocycles. The second kappa shape index (κ2) is 8.84. The maximum absolute atomic E-state index is 5.81. The van der Waals surface area contributed by atoms with Crippen LogP contribution in [0.15, 0.2) is 11.2 Å². The van der Waals surface area contributed by atoms with Crippen molar-refractivity contribution in [1.29, 1.82) is 0 Å². The SMILES string of the molecule is COCCOCC1=CSC(C2CCCCNC2)CO1. The lowest BCUT2D eigenvalue weighted by molar-refractivity contribution is 0.0553. The maximum atomic E-state index is 5.81. The van der Waals surface area contributed by atoms with Crippen LogP contribution in [0.3, 0.4) is 0 Å². The first-order valence-electron chi connectivity index (χ1n) is 7.15. The first-order valence-corrected chi connectivity index (χ1v) is 8.09. The number of ether oxygens (including phenoxy) is 3. The zero-order chi connectivity index (χ0) is 13.3. The predicted molar refractivity (Wildman–Crippen MR) is 78.3 cm³/mol. The summed E-state index contributed by atoms with van der Waals surface area (Å²) in [6.45, 7) is 4.94. The summed E-state index contributed by atoms with van der Waals surface area (Å²) < 4.78 is 16.2. The summed E-state index contributed by atoms with van der Waals surface area (Å²) >= 11 is 1.91. The molecule has 0 aromatic carbocycles. The highest BCUT2D eigenvalue weighted by Gasteiger charge is 2.26. The Morgan fingerprint density at radius 3 is 3.16 bits per heavy atom. The summed E-state index contributed by atoms with van der Waals surface area (Å²) in [5.41, 5.74) is 0. The number of thioether (sulfide) groups is 1. The molecule has 2 unspecified atom stereocenters. The van der Waals surface area contributed by atoms with E-state index in [0.29, 0.717) is 25.1 Å². The molecule has 1 N–H and O–H groups in total. The maximum Gasteiger partial charge on any atom is 0.128 e. The molecule has 2 rings (SSSR count). The van der Waals surface area contributed by atoms with Crippen LogP contribution in [-0.4, -0.2) is 51.9 Å². The quantitative estimate of drug-likeness (QED) is 0.757. The molecule has 0 aromatic heterocycles. The minimum Gasteiger partial charge on any atom is -0.494 e. The van der Waals surface area contributed by atoms with Crippen molar-refractivity contribution in [3.63, 3.8) is 0 Å². The Kier molecular flexibility index (Phi) is 7.06. The molecule has 110 valence electrons. The van der Waals surface area contributed by atoms with Crippen LogP contribution in [0.1, 0.15) is 19.3 Å². The molecule has 0 saturated carbocycles. The molecule has 0 amide bonds. The Balaban J connectivity index is 1.69. The van der Waals surface area contributed by atoms with Gasteiger partial charge in [-0.3, -0.25) is 0 Å². The van der Waals surface area contributed by atoms with Gasteiger partial charge in [-0.15, -0.1) is 11.8 Å². The predicted octanol–water partition coefficient (Wildman–Crippen LogP) is 2.01. The van der Waals surface area contributed by atoms with Crippen LogP contribution in [0.5, 0.6) is 0 Å². The van der Waals surface area contributed by atoms with Crippen LogP contribution in [-0.2, 0) is 14.2 Å². The molecular formula is C14H25NO3S. The van der Waals surface area contributed by atoms with E-state index < -0.39 is 0 Å². The first kappa shape index (κ1) is 15.2. The molecule has 0 aromatic rings. The van der Waals surface area contributed by atoms with Crippen molar-refractivity contribution in [1.82, 2.24) is 5.32 Å².